The normalized spacial score (nSPS) is 13.9. The number of hydrogen-bond donors (Lipinski definition) is 2. The van der Waals surface area contributed by atoms with Gasteiger partial charge >= 0.3 is 11.9 Å². The van der Waals surface area contributed by atoms with E-state index in [-0.39, 0.29) is 12.6 Å². The van der Waals surface area contributed by atoms with Crippen LogP contribution in [0.15, 0.2) is 24.3 Å². The zero-order chi connectivity index (χ0) is 31.2. The van der Waals surface area contributed by atoms with Gasteiger partial charge in [0.1, 0.15) is 6.61 Å². The molecule has 2 N–H and O–H groups in total. The molecule has 2 unspecified atom stereocenters. The van der Waals surface area contributed by atoms with Gasteiger partial charge in [-0.2, -0.15) is 0 Å². The van der Waals surface area contributed by atoms with Crippen molar-refractivity contribution in [2.75, 3.05) is 13.2 Å². The second-order valence-electron chi connectivity index (χ2n) is 12.1. The number of unbranched alkanes of at least 4 members (excludes halogenated alkanes) is 17. The van der Waals surface area contributed by atoms with Crippen LogP contribution < -0.4 is 0 Å². The maximum atomic E-state index is 12.5. The Kier molecular flexibility index (Phi) is 28.3. The van der Waals surface area contributed by atoms with Gasteiger partial charge < -0.3 is 19.7 Å². The zero-order valence-electron chi connectivity index (χ0n) is 27.6. The van der Waals surface area contributed by atoms with E-state index in [4.69, 9.17) is 9.47 Å². The molecule has 0 aromatic rings. The maximum Gasteiger partial charge on any atom is 0.338 e. The molecule has 6 heteroatoms. The highest BCUT2D eigenvalue weighted by Gasteiger charge is 2.33. The van der Waals surface area contributed by atoms with Gasteiger partial charge in [0.15, 0.2) is 11.7 Å². The molecule has 0 aromatic carbocycles. The van der Waals surface area contributed by atoms with Crippen LogP contribution in [0.1, 0.15) is 168 Å². The summed E-state index contributed by atoms with van der Waals surface area (Å²) in [7, 11) is 0. The Labute approximate surface area is 258 Å². The molecular formula is C36H66O6. The maximum absolute atomic E-state index is 12.5. The fourth-order valence-electron chi connectivity index (χ4n) is 4.80. The van der Waals surface area contributed by atoms with E-state index in [9.17, 15) is 19.8 Å². The topological polar surface area (TPSA) is 93.1 Å². The van der Waals surface area contributed by atoms with Crippen LogP contribution >= 0.6 is 0 Å². The molecule has 0 bridgehead atoms. The van der Waals surface area contributed by atoms with Gasteiger partial charge in [0.2, 0.25) is 0 Å². The summed E-state index contributed by atoms with van der Waals surface area (Å²) in [5, 5.41) is 20.1. The fraction of sp³-hybridized carbons (Fsp3) is 0.833. The smallest absolute Gasteiger partial charge is 0.338 e. The number of carbonyl (C=O) groups excluding carboxylic acids is 2. The van der Waals surface area contributed by atoms with Crippen LogP contribution in [0.4, 0.5) is 0 Å². The third kappa shape index (κ3) is 26.0. The molecule has 42 heavy (non-hydrogen) atoms. The summed E-state index contributed by atoms with van der Waals surface area (Å²) in [6.45, 7) is 5.25. The molecule has 0 aromatic heterocycles. The Morgan fingerprint density at radius 1 is 0.690 bits per heavy atom. The summed E-state index contributed by atoms with van der Waals surface area (Å²) in [6, 6.07) is 0. The highest BCUT2D eigenvalue weighted by molar-refractivity contribution is 5.78. The summed E-state index contributed by atoms with van der Waals surface area (Å²) in [4.78, 5) is 24.6. The number of rotatable bonds is 30. The van der Waals surface area contributed by atoms with E-state index in [0.29, 0.717) is 12.8 Å². The predicted molar refractivity (Wildman–Crippen MR) is 174 cm³/mol. The minimum absolute atomic E-state index is 0.199. The first-order valence-electron chi connectivity index (χ1n) is 17.4. The molecule has 0 radical (unpaired) electrons. The molecule has 0 fully saturated rings. The van der Waals surface area contributed by atoms with Crippen molar-refractivity contribution in [3.63, 3.8) is 0 Å². The third-order valence-electron chi connectivity index (χ3n) is 7.70. The van der Waals surface area contributed by atoms with Crippen LogP contribution in [-0.4, -0.2) is 47.1 Å². The highest BCUT2D eigenvalue weighted by atomic mass is 16.6. The molecule has 2 atom stereocenters. The molecule has 0 saturated heterocycles. The third-order valence-corrected chi connectivity index (χ3v) is 7.70. The molecule has 0 aliphatic heterocycles. The van der Waals surface area contributed by atoms with Crippen molar-refractivity contribution in [1.82, 2.24) is 0 Å². The van der Waals surface area contributed by atoms with Gasteiger partial charge in [0, 0.05) is 6.42 Å². The van der Waals surface area contributed by atoms with Gasteiger partial charge in [0.05, 0.1) is 6.61 Å². The Morgan fingerprint density at radius 2 is 1.17 bits per heavy atom. The molecule has 0 aliphatic carbocycles. The van der Waals surface area contributed by atoms with Crippen molar-refractivity contribution >= 4 is 11.9 Å². The van der Waals surface area contributed by atoms with Crippen LogP contribution in [0.3, 0.4) is 0 Å². The Hall–Kier alpha value is -1.66. The van der Waals surface area contributed by atoms with E-state index >= 15 is 0 Å². The van der Waals surface area contributed by atoms with Crippen LogP contribution in [0.2, 0.25) is 0 Å². The lowest BCUT2D eigenvalue weighted by Crippen LogP contribution is -2.41. The molecule has 0 aliphatic rings. The average Bonchev–Trinajstić information content (AvgIpc) is 2.98. The summed E-state index contributed by atoms with van der Waals surface area (Å²) in [5.41, 5.74) is -1.61. The minimum atomic E-state index is -1.61. The summed E-state index contributed by atoms with van der Waals surface area (Å²) in [6.07, 6.45) is 32.7. The average molecular weight is 595 g/mol. The second-order valence-corrected chi connectivity index (χ2v) is 12.1. The molecule has 0 spiro atoms. The van der Waals surface area contributed by atoms with Gasteiger partial charge in [-0.1, -0.05) is 128 Å². The standard InChI is InChI=1S/C36H66O6/c1-4-6-8-10-12-14-16-17-18-19-20-21-23-25-27-29-34(38)41-32-33(31-37)42-35(39)36(3,40)30-28-26-24-22-15-13-11-9-7-5-2/h12,14,17-18,33,37,40H,4-11,13,15-16,19-32H2,1-3H3. The largest absolute Gasteiger partial charge is 0.462 e. The first-order valence-corrected chi connectivity index (χ1v) is 17.4. The molecule has 6 nitrogen and oxygen atoms in total. The minimum Gasteiger partial charge on any atom is -0.462 e. The predicted octanol–water partition coefficient (Wildman–Crippen LogP) is 9.31. The SMILES string of the molecule is CCCCCC=CCC=CCCCCCCCC(=O)OCC(CO)OC(=O)C(C)(O)CCCCCCCCCCCC. The second kappa shape index (κ2) is 29.4. The van der Waals surface area contributed by atoms with E-state index < -0.39 is 24.3 Å². The van der Waals surface area contributed by atoms with Crippen molar-refractivity contribution < 1.29 is 29.3 Å². The van der Waals surface area contributed by atoms with Gasteiger partial charge in [-0.25, -0.2) is 4.79 Å². The summed E-state index contributed by atoms with van der Waals surface area (Å²) < 4.78 is 10.5. The number of ether oxygens (including phenoxy) is 2. The number of carbonyl (C=O) groups is 2. The van der Waals surface area contributed by atoms with Gasteiger partial charge in [-0.15, -0.1) is 0 Å². The Morgan fingerprint density at radius 3 is 1.74 bits per heavy atom. The van der Waals surface area contributed by atoms with E-state index in [1.54, 1.807) is 0 Å². The van der Waals surface area contributed by atoms with E-state index in [0.717, 1.165) is 64.2 Å². The highest BCUT2D eigenvalue weighted by Crippen LogP contribution is 2.19. The van der Waals surface area contributed by atoms with E-state index in [1.807, 2.05) is 0 Å². The van der Waals surface area contributed by atoms with Crippen LogP contribution in [0, 0.1) is 0 Å². The van der Waals surface area contributed by atoms with E-state index in [2.05, 4.69) is 38.2 Å². The number of aliphatic hydroxyl groups excluding tert-OH is 1. The van der Waals surface area contributed by atoms with Gasteiger partial charge in [0.25, 0.3) is 0 Å². The molecule has 0 amide bonds. The lowest BCUT2D eigenvalue weighted by atomic mass is 9.97. The summed E-state index contributed by atoms with van der Waals surface area (Å²) in [5.74, 6) is -1.13. The van der Waals surface area contributed by atoms with E-state index in [1.165, 1.54) is 77.6 Å². The van der Waals surface area contributed by atoms with Crippen LogP contribution in [-0.2, 0) is 19.1 Å². The van der Waals surface area contributed by atoms with Crippen LogP contribution in [0.25, 0.3) is 0 Å². The number of allylic oxidation sites excluding steroid dienone is 4. The van der Waals surface area contributed by atoms with Gasteiger partial charge in [-0.3, -0.25) is 4.79 Å². The Balaban J connectivity index is 3.85. The molecule has 0 saturated carbocycles. The monoisotopic (exact) mass is 594 g/mol. The molecule has 0 heterocycles. The van der Waals surface area contributed by atoms with Crippen molar-refractivity contribution in [2.24, 2.45) is 0 Å². The fourth-order valence-corrected chi connectivity index (χ4v) is 4.80. The summed E-state index contributed by atoms with van der Waals surface area (Å²) >= 11 is 0. The van der Waals surface area contributed by atoms with Crippen molar-refractivity contribution in [2.45, 2.75) is 180 Å². The lowest BCUT2D eigenvalue weighted by molar-refractivity contribution is -0.177. The number of esters is 2. The lowest BCUT2D eigenvalue weighted by Gasteiger charge is -2.24. The molecular weight excluding hydrogens is 528 g/mol. The first-order chi connectivity index (χ1) is 20.4. The van der Waals surface area contributed by atoms with Crippen molar-refractivity contribution in [1.29, 1.82) is 0 Å². The quantitative estimate of drug-likeness (QED) is 0.0489. The number of hydrogen-bond acceptors (Lipinski definition) is 6. The first kappa shape index (κ1) is 40.3. The van der Waals surface area contributed by atoms with Crippen molar-refractivity contribution in [3.05, 3.63) is 24.3 Å². The van der Waals surface area contributed by atoms with Gasteiger partial charge in [-0.05, 0) is 58.3 Å². The number of aliphatic hydroxyl groups is 2. The van der Waals surface area contributed by atoms with Crippen LogP contribution in [0.5, 0.6) is 0 Å². The zero-order valence-corrected chi connectivity index (χ0v) is 27.6. The Bertz CT molecular complexity index is 684. The molecule has 246 valence electrons. The molecule has 0 rings (SSSR count). The van der Waals surface area contributed by atoms with Crippen molar-refractivity contribution in [3.8, 4) is 0 Å².